The number of rotatable bonds is 6. The van der Waals surface area contributed by atoms with Crippen molar-refractivity contribution in [3.05, 3.63) is 48.3 Å². The third kappa shape index (κ3) is 5.75. The molecule has 0 unspecified atom stereocenters. The Kier molecular flexibility index (Phi) is 6.32. The topological polar surface area (TPSA) is 90.5 Å². The number of amides is 2. The largest absolute Gasteiger partial charge is 0.354 e. The van der Waals surface area contributed by atoms with Gasteiger partial charge in [0, 0.05) is 45.7 Å². The van der Waals surface area contributed by atoms with Crippen LogP contribution in [0.15, 0.2) is 42.7 Å². The molecular formula is C19H24N6O2. The van der Waals surface area contributed by atoms with Crippen molar-refractivity contribution in [2.45, 2.75) is 13.5 Å². The maximum atomic E-state index is 11.8. The van der Waals surface area contributed by atoms with Crippen molar-refractivity contribution < 1.29 is 9.59 Å². The van der Waals surface area contributed by atoms with Crippen LogP contribution in [0.2, 0.25) is 0 Å². The van der Waals surface area contributed by atoms with Crippen molar-refractivity contribution in [1.82, 2.24) is 20.2 Å². The van der Waals surface area contributed by atoms with Gasteiger partial charge in [0.2, 0.25) is 11.8 Å². The number of anilines is 2. The molecule has 1 aromatic carbocycles. The average molecular weight is 368 g/mol. The Balaban J connectivity index is 1.52. The predicted molar refractivity (Wildman–Crippen MR) is 103 cm³/mol. The summed E-state index contributed by atoms with van der Waals surface area (Å²) in [7, 11) is 0. The molecule has 0 saturated carbocycles. The van der Waals surface area contributed by atoms with E-state index in [-0.39, 0.29) is 18.4 Å². The summed E-state index contributed by atoms with van der Waals surface area (Å²) < 4.78 is 0. The van der Waals surface area contributed by atoms with Crippen LogP contribution >= 0.6 is 0 Å². The van der Waals surface area contributed by atoms with E-state index >= 15 is 0 Å². The van der Waals surface area contributed by atoms with Crippen LogP contribution in [0.3, 0.4) is 0 Å². The van der Waals surface area contributed by atoms with Crippen molar-refractivity contribution in [1.29, 1.82) is 0 Å². The van der Waals surface area contributed by atoms with E-state index in [1.54, 1.807) is 6.07 Å². The van der Waals surface area contributed by atoms with Crippen LogP contribution in [0.25, 0.3) is 0 Å². The zero-order valence-corrected chi connectivity index (χ0v) is 15.4. The van der Waals surface area contributed by atoms with E-state index in [1.165, 1.54) is 18.8 Å². The molecule has 0 bridgehead atoms. The average Bonchev–Trinajstić information content (AvgIpc) is 2.68. The molecule has 0 spiro atoms. The molecule has 2 amide bonds. The minimum Gasteiger partial charge on any atom is -0.354 e. The number of aromatic nitrogens is 2. The van der Waals surface area contributed by atoms with E-state index in [1.807, 2.05) is 6.07 Å². The number of nitrogens with one attached hydrogen (secondary N) is 2. The molecule has 1 fully saturated rings. The van der Waals surface area contributed by atoms with Gasteiger partial charge in [-0.2, -0.15) is 0 Å². The second-order valence-electron chi connectivity index (χ2n) is 6.47. The summed E-state index contributed by atoms with van der Waals surface area (Å²) in [6, 6.07) is 12.2. The molecule has 1 aliphatic rings. The number of nitrogens with zero attached hydrogens (tertiary/aromatic N) is 4. The summed E-state index contributed by atoms with van der Waals surface area (Å²) in [5.41, 5.74) is 1.32. The van der Waals surface area contributed by atoms with Crippen LogP contribution in [0.4, 0.5) is 11.6 Å². The molecule has 1 saturated heterocycles. The Hall–Kier alpha value is -3.00. The molecule has 3 rings (SSSR count). The maximum Gasteiger partial charge on any atom is 0.244 e. The SMILES string of the molecule is CC(=O)NCC(=O)Nc1cc(N2CCN(Cc3ccccc3)CC2)ncn1. The van der Waals surface area contributed by atoms with Crippen LogP contribution in [0.1, 0.15) is 12.5 Å². The fraction of sp³-hybridized carbons (Fsp3) is 0.368. The molecular weight excluding hydrogens is 344 g/mol. The van der Waals surface area contributed by atoms with Crippen LogP contribution in [0, 0.1) is 0 Å². The molecule has 1 aromatic heterocycles. The fourth-order valence-corrected chi connectivity index (χ4v) is 2.96. The Morgan fingerprint density at radius 2 is 1.81 bits per heavy atom. The summed E-state index contributed by atoms with van der Waals surface area (Å²) in [5.74, 6) is 0.658. The van der Waals surface area contributed by atoms with Crippen LogP contribution < -0.4 is 15.5 Å². The molecule has 0 radical (unpaired) electrons. The van der Waals surface area contributed by atoms with Gasteiger partial charge in [0.25, 0.3) is 0 Å². The van der Waals surface area contributed by atoms with E-state index in [4.69, 9.17) is 0 Å². The van der Waals surface area contributed by atoms with Gasteiger partial charge in [0.1, 0.15) is 18.0 Å². The third-order valence-electron chi connectivity index (χ3n) is 4.36. The number of benzene rings is 1. The quantitative estimate of drug-likeness (QED) is 0.786. The van der Waals surface area contributed by atoms with Crippen molar-refractivity contribution in [2.24, 2.45) is 0 Å². The van der Waals surface area contributed by atoms with Crippen molar-refractivity contribution in [3.63, 3.8) is 0 Å². The first kappa shape index (κ1) is 18.8. The Labute approximate surface area is 158 Å². The molecule has 2 N–H and O–H groups in total. The fourth-order valence-electron chi connectivity index (χ4n) is 2.96. The number of carbonyl (C=O) groups excluding carboxylic acids is 2. The van der Waals surface area contributed by atoms with Gasteiger partial charge >= 0.3 is 0 Å². The standard InChI is InChI=1S/C19H24N6O2/c1-15(26)20-12-19(27)23-17-11-18(22-14-21-17)25-9-7-24(8-10-25)13-16-5-3-2-4-6-16/h2-6,11,14H,7-10,12-13H2,1H3,(H,20,26)(H,21,22,23,27). The van der Waals surface area contributed by atoms with Crippen molar-refractivity contribution in [2.75, 3.05) is 42.9 Å². The van der Waals surface area contributed by atoms with E-state index in [0.29, 0.717) is 5.82 Å². The van der Waals surface area contributed by atoms with Gasteiger partial charge in [-0.3, -0.25) is 14.5 Å². The summed E-state index contributed by atoms with van der Waals surface area (Å²) in [6.07, 6.45) is 1.44. The first-order valence-corrected chi connectivity index (χ1v) is 8.98. The van der Waals surface area contributed by atoms with Crippen LogP contribution in [0.5, 0.6) is 0 Å². The second kappa shape index (κ2) is 9.09. The highest BCUT2D eigenvalue weighted by molar-refractivity contribution is 5.93. The third-order valence-corrected chi connectivity index (χ3v) is 4.36. The van der Waals surface area contributed by atoms with Gasteiger partial charge in [0.15, 0.2) is 0 Å². The van der Waals surface area contributed by atoms with Crippen molar-refractivity contribution >= 4 is 23.5 Å². The van der Waals surface area contributed by atoms with Gasteiger partial charge in [-0.15, -0.1) is 0 Å². The lowest BCUT2D eigenvalue weighted by molar-refractivity contribution is -0.122. The van der Waals surface area contributed by atoms with E-state index < -0.39 is 0 Å². The normalized spacial score (nSPS) is 14.6. The summed E-state index contributed by atoms with van der Waals surface area (Å²) >= 11 is 0. The van der Waals surface area contributed by atoms with E-state index in [0.717, 1.165) is 38.5 Å². The number of hydrogen-bond donors (Lipinski definition) is 2. The highest BCUT2D eigenvalue weighted by atomic mass is 16.2. The minimum absolute atomic E-state index is 0.0766. The highest BCUT2D eigenvalue weighted by Gasteiger charge is 2.18. The molecule has 0 atom stereocenters. The van der Waals surface area contributed by atoms with E-state index in [2.05, 4.69) is 54.7 Å². The van der Waals surface area contributed by atoms with Gasteiger partial charge in [-0.05, 0) is 5.56 Å². The summed E-state index contributed by atoms with van der Waals surface area (Å²) in [6.45, 7) is 5.86. The molecule has 8 nitrogen and oxygen atoms in total. The predicted octanol–water partition coefficient (Wildman–Crippen LogP) is 0.873. The number of carbonyl (C=O) groups is 2. The Bertz CT molecular complexity index is 775. The van der Waals surface area contributed by atoms with Crippen molar-refractivity contribution in [3.8, 4) is 0 Å². The lowest BCUT2D eigenvalue weighted by Crippen LogP contribution is -2.46. The van der Waals surface area contributed by atoms with Crippen LogP contribution in [-0.2, 0) is 16.1 Å². The number of piperazine rings is 1. The molecule has 1 aliphatic heterocycles. The zero-order valence-electron chi connectivity index (χ0n) is 15.4. The van der Waals surface area contributed by atoms with Gasteiger partial charge in [-0.25, -0.2) is 9.97 Å². The van der Waals surface area contributed by atoms with Gasteiger partial charge in [-0.1, -0.05) is 30.3 Å². The smallest absolute Gasteiger partial charge is 0.244 e. The lowest BCUT2D eigenvalue weighted by atomic mass is 10.2. The monoisotopic (exact) mass is 368 g/mol. The molecule has 0 aliphatic carbocycles. The minimum atomic E-state index is -0.317. The van der Waals surface area contributed by atoms with Crippen LogP contribution in [-0.4, -0.2) is 59.4 Å². The maximum absolute atomic E-state index is 11.8. The molecule has 2 aromatic rings. The summed E-state index contributed by atoms with van der Waals surface area (Å²) in [5, 5.41) is 5.13. The summed E-state index contributed by atoms with van der Waals surface area (Å²) in [4.78, 5) is 35.7. The molecule has 27 heavy (non-hydrogen) atoms. The zero-order chi connectivity index (χ0) is 19.1. The Morgan fingerprint density at radius 1 is 1.07 bits per heavy atom. The molecule has 142 valence electrons. The first-order valence-electron chi connectivity index (χ1n) is 8.98. The molecule has 8 heteroatoms. The highest BCUT2D eigenvalue weighted by Crippen LogP contribution is 2.17. The molecule has 2 heterocycles. The van der Waals surface area contributed by atoms with Gasteiger partial charge in [0.05, 0.1) is 6.54 Å². The van der Waals surface area contributed by atoms with E-state index in [9.17, 15) is 9.59 Å². The Morgan fingerprint density at radius 3 is 2.52 bits per heavy atom. The second-order valence-corrected chi connectivity index (χ2v) is 6.47. The first-order chi connectivity index (χ1) is 13.1. The lowest BCUT2D eigenvalue weighted by Gasteiger charge is -2.35. The van der Waals surface area contributed by atoms with Gasteiger partial charge < -0.3 is 15.5 Å². The number of hydrogen-bond acceptors (Lipinski definition) is 6.